The zero-order valence-corrected chi connectivity index (χ0v) is 14.5. The molecule has 2 rings (SSSR count). The first kappa shape index (κ1) is 16.0. The second kappa shape index (κ2) is 7.61. The lowest BCUT2D eigenvalue weighted by atomic mass is 9.95. The lowest BCUT2D eigenvalue weighted by Gasteiger charge is -2.29. The molecule has 1 heterocycles. The van der Waals surface area contributed by atoms with Gasteiger partial charge in [0.25, 0.3) is 0 Å². The van der Waals surface area contributed by atoms with Gasteiger partial charge in [0.1, 0.15) is 0 Å². The predicted octanol–water partition coefficient (Wildman–Crippen LogP) is 3.84. The normalized spacial score (nSPS) is 22.7. The van der Waals surface area contributed by atoms with E-state index in [4.69, 9.17) is 12.2 Å². The van der Waals surface area contributed by atoms with Gasteiger partial charge in [-0.15, -0.1) is 11.3 Å². The second-order valence-electron chi connectivity index (χ2n) is 5.25. The van der Waals surface area contributed by atoms with Crippen LogP contribution in [0.2, 0.25) is 0 Å². The molecule has 1 fully saturated rings. The van der Waals surface area contributed by atoms with Crippen LogP contribution in [0.25, 0.3) is 0 Å². The Kier molecular flexibility index (Phi) is 6.11. The van der Waals surface area contributed by atoms with Crippen LogP contribution in [0, 0.1) is 10.9 Å². The van der Waals surface area contributed by atoms with Gasteiger partial charge in [-0.3, -0.25) is 4.79 Å². The molecule has 0 saturated heterocycles. The highest BCUT2D eigenvalue weighted by Crippen LogP contribution is 2.28. The van der Waals surface area contributed by atoms with Gasteiger partial charge in [-0.1, -0.05) is 13.3 Å². The first-order valence-corrected chi connectivity index (χ1v) is 9.45. The van der Waals surface area contributed by atoms with Crippen LogP contribution in [0.3, 0.4) is 0 Å². The van der Waals surface area contributed by atoms with Crippen LogP contribution in [0.5, 0.6) is 0 Å². The van der Waals surface area contributed by atoms with Crippen LogP contribution in [-0.2, 0) is 11.2 Å². The van der Waals surface area contributed by atoms with E-state index in [1.165, 1.54) is 24.2 Å². The monoisotopic (exact) mass is 330 g/mol. The Hall–Kier alpha value is -0.330. The van der Waals surface area contributed by atoms with E-state index in [9.17, 15) is 4.79 Å². The fraction of sp³-hybridized carbons (Fsp3) is 0.714. The van der Waals surface area contributed by atoms with Crippen molar-refractivity contribution in [3.63, 3.8) is 0 Å². The number of amides is 1. The van der Waals surface area contributed by atoms with Crippen LogP contribution in [0.4, 0.5) is 0 Å². The quantitative estimate of drug-likeness (QED) is 0.806. The molecule has 0 spiro atoms. The van der Waals surface area contributed by atoms with E-state index < -0.39 is 0 Å². The highest BCUT2D eigenvalue weighted by atomic mass is 32.2. The van der Waals surface area contributed by atoms with Crippen molar-refractivity contribution in [2.24, 2.45) is 0 Å². The largest absolute Gasteiger partial charge is 0.353 e. The first-order valence-electron chi connectivity index (χ1n) is 7.18. The minimum absolute atomic E-state index is 0.130. The lowest BCUT2D eigenvalue weighted by molar-refractivity contribution is -0.121. The highest BCUT2D eigenvalue weighted by molar-refractivity contribution is 7.99. The molecule has 0 radical (unpaired) electrons. The maximum atomic E-state index is 12.1. The number of thiazole rings is 1. The number of hydrogen-bond donors (Lipinski definition) is 2. The molecule has 2 atom stereocenters. The van der Waals surface area contributed by atoms with Crippen molar-refractivity contribution in [2.45, 2.75) is 57.2 Å². The van der Waals surface area contributed by atoms with Crippen molar-refractivity contribution in [3.8, 4) is 0 Å². The summed E-state index contributed by atoms with van der Waals surface area (Å²) in [6, 6.07) is 0.354. The van der Waals surface area contributed by atoms with Gasteiger partial charge in [-0.25, -0.2) is 0 Å². The van der Waals surface area contributed by atoms with E-state index in [1.54, 1.807) is 0 Å². The van der Waals surface area contributed by atoms with Crippen LogP contribution in [0.1, 0.15) is 43.2 Å². The molecule has 1 aromatic heterocycles. The summed E-state index contributed by atoms with van der Waals surface area (Å²) in [5.41, 5.74) is 1.03. The average Bonchev–Trinajstić information content (AvgIpc) is 2.68. The zero-order chi connectivity index (χ0) is 14.5. The Bertz CT molecular complexity index is 507. The molecule has 2 N–H and O–H groups in total. The number of thioether (sulfide) groups is 1. The number of H-pyrrole nitrogens is 1. The molecule has 2 unspecified atom stereocenters. The van der Waals surface area contributed by atoms with Gasteiger partial charge in [0.05, 0.1) is 6.42 Å². The van der Waals surface area contributed by atoms with Crippen molar-refractivity contribution in [2.75, 3.05) is 5.75 Å². The number of carbonyl (C=O) groups excluding carboxylic acids is 1. The Balaban J connectivity index is 1.85. The summed E-state index contributed by atoms with van der Waals surface area (Å²) in [4.78, 5) is 16.3. The molecule has 1 aromatic rings. The number of hydrogen-bond acceptors (Lipinski definition) is 4. The molecule has 3 nitrogen and oxygen atoms in total. The number of aryl methyl sites for hydroxylation is 1. The van der Waals surface area contributed by atoms with Crippen molar-refractivity contribution in [1.82, 2.24) is 10.3 Å². The number of aromatic amines is 1. The molecule has 0 aliphatic heterocycles. The number of rotatable bonds is 5. The summed E-state index contributed by atoms with van der Waals surface area (Å²) < 4.78 is 0.752. The van der Waals surface area contributed by atoms with Crippen LogP contribution < -0.4 is 5.32 Å². The summed E-state index contributed by atoms with van der Waals surface area (Å²) in [5.74, 6) is 1.29. The average molecular weight is 331 g/mol. The first-order chi connectivity index (χ1) is 9.58. The summed E-state index contributed by atoms with van der Waals surface area (Å²) in [7, 11) is 0. The van der Waals surface area contributed by atoms with Crippen LogP contribution >= 0.6 is 35.3 Å². The molecule has 0 aromatic carbocycles. The van der Waals surface area contributed by atoms with E-state index in [-0.39, 0.29) is 5.91 Å². The highest BCUT2D eigenvalue weighted by Gasteiger charge is 2.23. The second-order valence-corrected chi connectivity index (χ2v) is 8.60. The predicted molar refractivity (Wildman–Crippen MR) is 90.3 cm³/mol. The van der Waals surface area contributed by atoms with E-state index in [0.29, 0.717) is 12.5 Å². The molecule has 20 heavy (non-hydrogen) atoms. The van der Waals surface area contributed by atoms with Gasteiger partial charge >= 0.3 is 0 Å². The summed E-state index contributed by atoms with van der Waals surface area (Å²) in [5, 5.41) is 3.92. The lowest BCUT2D eigenvalue weighted by Crippen LogP contribution is -2.39. The zero-order valence-electron chi connectivity index (χ0n) is 12.0. The third-order valence-corrected chi connectivity index (χ3v) is 6.21. The van der Waals surface area contributed by atoms with Crippen molar-refractivity contribution < 1.29 is 4.79 Å². The Morgan fingerprint density at radius 3 is 3.00 bits per heavy atom. The van der Waals surface area contributed by atoms with Gasteiger partial charge in [-0.2, -0.15) is 11.8 Å². The number of nitrogens with one attached hydrogen (secondary N) is 2. The van der Waals surface area contributed by atoms with Gasteiger partial charge in [0.15, 0.2) is 3.95 Å². The molecule has 1 amide bonds. The minimum Gasteiger partial charge on any atom is -0.353 e. The molecular formula is C14H22N2OS3. The fourth-order valence-electron chi connectivity index (χ4n) is 2.69. The third kappa shape index (κ3) is 4.60. The Labute approximate surface area is 133 Å². The van der Waals surface area contributed by atoms with Gasteiger partial charge < -0.3 is 10.3 Å². The van der Waals surface area contributed by atoms with E-state index in [1.807, 2.05) is 18.7 Å². The molecule has 1 aliphatic rings. The standard InChI is InChI=1S/C14H22N2OS3/c1-3-19-11-6-4-5-10(7-11)16-13(17)8-12-9(2)15-14(18)20-12/h10-11H,3-8H2,1-2H3,(H,15,18)(H,16,17). The SMILES string of the molecule is CCSC1CCCC(NC(=O)Cc2sc(=S)[nH]c2C)C1. The van der Waals surface area contributed by atoms with E-state index in [2.05, 4.69) is 17.2 Å². The van der Waals surface area contributed by atoms with Crippen LogP contribution in [-0.4, -0.2) is 27.9 Å². The number of aromatic nitrogens is 1. The molecule has 6 heteroatoms. The van der Waals surface area contributed by atoms with E-state index >= 15 is 0 Å². The molecule has 1 aliphatic carbocycles. The van der Waals surface area contributed by atoms with Crippen LogP contribution in [0.15, 0.2) is 0 Å². The van der Waals surface area contributed by atoms with Crippen molar-refractivity contribution in [3.05, 3.63) is 14.5 Å². The summed E-state index contributed by atoms with van der Waals surface area (Å²) in [6.07, 6.45) is 5.21. The van der Waals surface area contributed by atoms with Gasteiger partial charge in [0, 0.05) is 21.9 Å². The maximum absolute atomic E-state index is 12.1. The third-order valence-electron chi connectivity index (χ3n) is 3.64. The van der Waals surface area contributed by atoms with Crippen molar-refractivity contribution >= 4 is 41.2 Å². The molecule has 112 valence electrons. The smallest absolute Gasteiger partial charge is 0.225 e. The molecule has 0 bridgehead atoms. The van der Waals surface area contributed by atoms with Crippen molar-refractivity contribution in [1.29, 1.82) is 0 Å². The maximum Gasteiger partial charge on any atom is 0.225 e. The number of carbonyl (C=O) groups is 1. The molecular weight excluding hydrogens is 308 g/mol. The van der Waals surface area contributed by atoms with E-state index in [0.717, 1.165) is 38.4 Å². The minimum atomic E-state index is 0.130. The topological polar surface area (TPSA) is 44.9 Å². The van der Waals surface area contributed by atoms with Gasteiger partial charge in [-0.05, 0) is 44.2 Å². The van der Waals surface area contributed by atoms with Gasteiger partial charge in [0.2, 0.25) is 5.91 Å². The Morgan fingerprint density at radius 2 is 2.35 bits per heavy atom. The Morgan fingerprint density at radius 1 is 1.55 bits per heavy atom. The molecule has 1 saturated carbocycles. The summed E-state index contributed by atoms with van der Waals surface area (Å²) >= 11 is 8.64. The fourth-order valence-corrected chi connectivity index (χ4v) is 5.16. The summed E-state index contributed by atoms with van der Waals surface area (Å²) in [6.45, 7) is 4.18.